The van der Waals surface area contributed by atoms with Gasteiger partial charge < -0.3 is 15.7 Å². The van der Waals surface area contributed by atoms with Crippen molar-refractivity contribution in [1.82, 2.24) is 15.4 Å². The number of aliphatic hydroxyl groups is 1. The van der Waals surface area contributed by atoms with E-state index in [1.807, 2.05) is 0 Å². The summed E-state index contributed by atoms with van der Waals surface area (Å²) >= 11 is 0. The van der Waals surface area contributed by atoms with E-state index in [4.69, 9.17) is 5.11 Å². The number of likely N-dealkylation sites (N-methyl/N-ethyl adjacent to an activating group) is 2. The zero-order chi connectivity index (χ0) is 18.9. The topological polar surface area (TPSA) is 149 Å². The number of sulfonamides is 1. The Morgan fingerprint density at radius 2 is 1.68 bits per heavy atom. The Morgan fingerprint density at radius 1 is 1.12 bits per heavy atom. The number of carbonyl (C=O) groups excluding carboxylic acids is 2. The van der Waals surface area contributed by atoms with Gasteiger partial charge in [-0.05, 0) is 30.7 Å². The summed E-state index contributed by atoms with van der Waals surface area (Å²) in [6.45, 7) is 0.0138. The van der Waals surface area contributed by atoms with E-state index in [-0.39, 0.29) is 23.7 Å². The summed E-state index contributed by atoms with van der Waals surface area (Å²) in [4.78, 5) is 23.3. The maximum absolute atomic E-state index is 12.0. The quantitative estimate of drug-likeness (QED) is 0.257. The molecule has 25 heavy (non-hydrogen) atoms. The first-order chi connectivity index (χ1) is 11.9. The maximum atomic E-state index is 12.0. The molecule has 11 heteroatoms. The average Bonchev–Trinajstić information content (AvgIpc) is 2.61. The van der Waals surface area contributed by atoms with Crippen LogP contribution in [0.3, 0.4) is 0 Å². The predicted octanol–water partition coefficient (Wildman–Crippen LogP) is -0.708. The van der Waals surface area contributed by atoms with Gasteiger partial charge in [-0.15, -0.1) is 0 Å². The highest BCUT2D eigenvalue weighted by atomic mass is 32.2. The molecule has 10 nitrogen and oxygen atoms in total. The third kappa shape index (κ3) is 6.21. The number of azo groups is 1. The van der Waals surface area contributed by atoms with E-state index in [1.165, 1.54) is 38.4 Å². The van der Waals surface area contributed by atoms with E-state index in [0.29, 0.717) is 6.42 Å². The average molecular weight is 371 g/mol. The minimum Gasteiger partial charge on any atom is -0.396 e. The van der Waals surface area contributed by atoms with Crippen LogP contribution in [0.5, 0.6) is 0 Å². The largest absolute Gasteiger partial charge is 0.396 e. The highest BCUT2D eigenvalue weighted by Crippen LogP contribution is 2.17. The summed E-state index contributed by atoms with van der Waals surface area (Å²) < 4.78 is 26.3. The smallest absolute Gasteiger partial charge is 0.256 e. The fraction of sp³-hybridized carbons (Fsp3) is 0.429. The summed E-state index contributed by atoms with van der Waals surface area (Å²) in [5.41, 5.74) is 0.284. The minimum atomic E-state index is -3.68. The van der Waals surface area contributed by atoms with E-state index < -0.39 is 27.9 Å². The van der Waals surface area contributed by atoms with Gasteiger partial charge in [-0.25, -0.2) is 13.1 Å². The van der Waals surface area contributed by atoms with Gasteiger partial charge in [0.05, 0.1) is 10.6 Å². The van der Waals surface area contributed by atoms with Crippen molar-refractivity contribution in [2.75, 3.05) is 27.2 Å². The molecule has 2 amide bonds. The fourth-order valence-corrected chi connectivity index (χ4v) is 2.76. The van der Waals surface area contributed by atoms with E-state index in [2.05, 4.69) is 25.6 Å². The molecule has 1 aromatic rings. The van der Waals surface area contributed by atoms with Crippen LogP contribution in [0.4, 0.5) is 5.69 Å². The van der Waals surface area contributed by atoms with Gasteiger partial charge >= 0.3 is 0 Å². The molecule has 0 aromatic heterocycles. The lowest BCUT2D eigenvalue weighted by molar-refractivity contribution is -0.130. The summed E-state index contributed by atoms with van der Waals surface area (Å²) in [6.07, 6.45) is 0.311. The normalized spacial score (nSPS) is 11.7. The molecule has 0 aliphatic carbocycles. The van der Waals surface area contributed by atoms with E-state index in [1.54, 1.807) is 0 Å². The van der Waals surface area contributed by atoms with Crippen LogP contribution in [0.15, 0.2) is 39.4 Å². The van der Waals surface area contributed by atoms with Gasteiger partial charge in [0.1, 0.15) is 0 Å². The van der Waals surface area contributed by atoms with E-state index in [9.17, 15) is 18.0 Å². The molecular formula is C14H21N5O5S. The second-order valence-corrected chi connectivity index (χ2v) is 6.58. The number of rotatable bonds is 9. The Balaban J connectivity index is 2.88. The Hall–Kier alpha value is -2.37. The standard InChI is InChI=1S/C14H21N5O5S/c1-15-13(21)12(14(22)16-2)19-18-10-4-6-11(7-5-10)25(23,24)17-8-3-9-20/h4-7,12,17,20H,3,8-9H2,1-2H3,(H,15,21)(H,16,22). The lowest BCUT2D eigenvalue weighted by atomic mass is 10.3. The maximum Gasteiger partial charge on any atom is 0.256 e. The zero-order valence-electron chi connectivity index (χ0n) is 13.9. The van der Waals surface area contributed by atoms with Gasteiger partial charge in [-0.1, -0.05) is 0 Å². The van der Waals surface area contributed by atoms with Crippen LogP contribution < -0.4 is 15.4 Å². The third-order valence-electron chi connectivity index (χ3n) is 3.05. The van der Waals surface area contributed by atoms with Crippen molar-refractivity contribution in [2.45, 2.75) is 17.4 Å². The van der Waals surface area contributed by atoms with Gasteiger partial charge in [0.25, 0.3) is 11.8 Å². The Labute approximate surface area is 145 Å². The van der Waals surface area contributed by atoms with Gasteiger partial charge in [-0.2, -0.15) is 10.2 Å². The number of carbonyl (C=O) groups is 2. The van der Waals surface area contributed by atoms with Crippen LogP contribution in [-0.2, 0) is 19.6 Å². The molecule has 1 rings (SSSR count). The highest BCUT2D eigenvalue weighted by molar-refractivity contribution is 7.89. The number of nitrogens with one attached hydrogen (secondary N) is 3. The Bertz CT molecular complexity index is 702. The molecule has 0 aliphatic rings. The summed E-state index contributed by atoms with van der Waals surface area (Å²) in [5.74, 6) is -1.23. The minimum absolute atomic E-state index is 0.0264. The zero-order valence-corrected chi connectivity index (χ0v) is 14.7. The fourth-order valence-electron chi connectivity index (χ4n) is 1.68. The lowest BCUT2D eigenvalue weighted by Gasteiger charge is -2.08. The van der Waals surface area contributed by atoms with Crippen LogP contribution >= 0.6 is 0 Å². The number of benzene rings is 1. The van der Waals surface area contributed by atoms with E-state index in [0.717, 1.165) is 0 Å². The van der Waals surface area contributed by atoms with Crippen LogP contribution in [0.25, 0.3) is 0 Å². The molecule has 0 saturated carbocycles. The molecule has 0 bridgehead atoms. The van der Waals surface area contributed by atoms with Crippen molar-refractivity contribution in [1.29, 1.82) is 0 Å². The van der Waals surface area contributed by atoms with Crippen molar-refractivity contribution in [2.24, 2.45) is 10.2 Å². The first-order valence-corrected chi connectivity index (χ1v) is 8.88. The second-order valence-electron chi connectivity index (χ2n) is 4.82. The molecule has 0 spiro atoms. The summed E-state index contributed by atoms with van der Waals surface area (Å²) in [6, 6.07) is 4.11. The second kappa shape index (κ2) is 9.81. The first kappa shape index (κ1) is 20.7. The van der Waals surface area contributed by atoms with Crippen molar-refractivity contribution in [3.8, 4) is 0 Å². The van der Waals surface area contributed by atoms with Crippen LogP contribution in [0.1, 0.15) is 6.42 Å². The van der Waals surface area contributed by atoms with Crippen LogP contribution in [-0.4, -0.2) is 58.6 Å². The lowest BCUT2D eigenvalue weighted by Crippen LogP contribution is -2.41. The Kier molecular flexibility index (Phi) is 8.11. The monoisotopic (exact) mass is 371 g/mol. The molecule has 0 radical (unpaired) electrons. The van der Waals surface area contributed by atoms with Crippen molar-refractivity contribution in [3.05, 3.63) is 24.3 Å². The summed E-state index contributed by atoms with van der Waals surface area (Å²) in [7, 11) is -0.932. The summed E-state index contributed by atoms with van der Waals surface area (Å²) in [5, 5.41) is 20.8. The Morgan fingerprint density at radius 3 is 2.16 bits per heavy atom. The number of amides is 2. The molecule has 0 fully saturated rings. The molecule has 1 aromatic carbocycles. The molecule has 138 valence electrons. The van der Waals surface area contributed by atoms with Crippen molar-refractivity contribution < 1.29 is 23.1 Å². The number of hydrogen-bond acceptors (Lipinski definition) is 7. The number of aliphatic hydroxyl groups excluding tert-OH is 1. The molecule has 0 heterocycles. The third-order valence-corrected chi connectivity index (χ3v) is 4.53. The van der Waals surface area contributed by atoms with Gasteiger partial charge in [0, 0.05) is 27.2 Å². The SMILES string of the molecule is CNC(=O)C(N=Nc1ccc(S(=O)(=O)NCCCO)cc1)C(=O)NC. The first-order valence-electron chi connectivity index (χ1n) is 7.40. The van der Waals surface area contributed by atoms with Crippen LogP contribution in [0.2, 0.25) is 0 Å². The van der Waals surface area contributed by atoms with E-state index >= 15 is 0 Å². The molecule has 0 atom stereocenters. The molecular weight excluding hydrogens is 350 g/mol. The van der Waals surface area contributed by atoms with Crippen molar-refractivity contribution >= 4 is 27.5 Å². The van der Waals surface area contributed by atoms with Gasteiger partial charge in [0.2, 0.25) is 16.1 Å². The molecule has 0 saturated heterocycles. The molecule has 4 N–H and O–H groups in total. The number of hydrogen-bond donors (Lipinski definition) is 4. The highest BCUT2D eigenvalue weighted by Gasteiger charge is 2.24. The molecule has 0 unspecified atom stereocenters. The van der Waals surface area contributed by atoms with Gasteiger partial charge in [0.15, 0.2) is 0 Å². The molecule has 0 aliphatic heterocycles. The van der Waals surface area contributed by atoms with Gasteiger partial charge in [-0.3, -0.25) is 9.59 Å². The van der Waals surface area contributed by atoms with Crippen LogP contribution in [0, 0.1) is 0 Å². The predicted molar refractivity (Wildman–Crippen MR) is 89.8 cm³/mol. The van der Waals surface area contributed by atoms with Crippen molar-refractivity contribution in [3.63, 3.8) is 0 Å². The number of nitrogens with zero attached hydrogens (tertiary/aromatic N) is 2.